The molecule has 2 unspecified atom stereocenters. The highest BCUT2D eigenvalue weighted by molar-refractivity contribution is 5.40. The van der Waals surface area contributed by atoms with Crippen LogP contribution in [0.1, 0.15) is 56.4 Å². The van der Waals surface area contributed by atoms with Crippen LogP contribution in [0.15, 0.2) is 35.9 Å². The normalized spacial score (nSPS) is 27.2. The quantitative estimate of drug-likeness (QED) is 0.820. The van der Waals surface area contributed by atoms with Crippen molar-refractivity contribution in [2.24, 2.45) is 5.73 Å². The van der Waals surface area contributed by atoms with Crippen LogP contribution in [-0.2, 0) is 0 Å². The van der Waals surface area contributed by atoms with Gasteiger partial charge in [0.05, 0.1) is 6.61 Å². The van der Waals surface area contributed by atoms with E-state index in [-0.39, 0.29) is 6.04 Å². The Kier molecular flexibility index (Phi) is 4.41. The van der Waals surface area contributed by atoms with Gasteiger partial charge < -0.3 is 10.5 Å². The standard InChI is InChI=1S/C18H25NO/c19-18(14-8-4-2-1-3-5-9-14)16-12-13-20-17-11-7-6-10-15(16)17/h6-8,10-11,16,18H,1-5,9,12-13,19H2/b14-8+. The molecule has 2 N–H and O–H groups in total. The Balaban J connectivity index is 1.81. The number of hydrogen-bond donors (Lipinski definition) is 1. The summed E-state index contributed by atoms with van der Waals surface area (Å²) in [5.41, 5.74) is 9.41. The van der Waals surface area contributed by atoms with Crippen molar-refractivity contribution in [3.8, 4) is 5.75 Å². The van der Waals surface area contributed by atoms with E-state index in [9.17, 15) is 0 Å². The molecule has 3 rings (SSSR count). The molecule has 1 heterocycles. The zero-order valence-corrected chi connectivity index (χ0v) is 12.2. The van der Waals surface area contributed by atoms with E-state index in [0.717, 1.165) is 18.8 Å². The Hall–Kier alpha value is -1.28. The van der Waals surface area contributed by atoms with Crippen LogP contribution in [0.4, 0.5) is 0 Å². The summed E-state index contributed by atoms with van der Waals surface area (Å²) in [7, 11) is 0. The number of hydrogen-bond acceptors (Lipinski definition) is 2. The Morgan fingerprint density at radius 2 is 1.95 bits per heavy atom. The van der Waals surface area contributed by atoms with Gasteiger partial charge >= 0.3 is 0 Å². The highest BCUT2D eigenvalue weighted by Gasteiger charge is 2.28. The second-order valence-electron chi connectivity index (χ2n) is 6.04. The van der Waals surface area contributed by atoms with Crippen LogP contribution in [0.25, 0.3) is 0 Å². The molecule has 1 aliphatic heterocycles. The predicted octanol–water partition coefficient (Wildman–Crippen LogP) is 4.16. The van der Waals surface area contributed by atoms with E-state index >= 15 is 0 Å². The third-order valence-electron chi connectivity index (χ3n) is 4.69. The Morgan fingerprint density at radius 3 is 2.90 bits per heavy atom. The minimum absolute atomic E-state index is 0.165. The molecule has 0 saturated heterocycles. The van der Waals surface area contributed by atoms with Crippen molar-refractivity contribution in [2.75, 3.05) is 6.61 Å². The maximum Gasteiger partial charge on any atom is 0.122 e. The van der Waals surface area contributed by atoms with Crippen LogP contribution in [0.3, 0.4) is 0 Å². The summed E-state index contributed by atoms with van der Waals surface area (Å²) in [6.45, 7) is 0.794. The number of ether oxygens (including phenoxy) is 1. The van der Waals surface area contributed by atoms with Crippen molar-refractivity contribution in [1.82, 2.24) is 0 Å². The summed E-state index contributed by atoms with van der Waals surface area (Å²) in [5, 5.41) is 0. The van der Waals surface area contributed by atoms with Crippen molar-refractivity contribution < 1.29 is 4.74 Å². The molecule has 1 aromatic rings. The van der Waals surface area contributed by atoms with Gasteiger partial charge in [0.1, 0.15) is 5.75 Å². The highest BCUT2D eigenvalue weighted by atomic mass is 16.5. The molecule has 108 valence electrons. The topological polar surface area (TPSA) is 35.2 Å². The van der Waals surface area contributed by atoms with Gasteiger partial charge in [-0.05, 0) is 43.7 Å². The third-order valence-corrected chi connectivity index (χ3v) is 4.69. The molecule has 2 nitrogen and oxygen atoms in total. The minimum Gasteiger partial charge on any atom is -0.493 e. The number of nitrogens with two attached hydrogens (primary N) is 1. The fraction of sp³-hybridized carbons (Fsp3) is 0.556. The number of rotatable bonds is 2. The van der Waals surface area contributed by atoms with Crippen molar-refractivity contribution in [1.29, 1.82) is 0 Å². The predicted molar refractivity (Wildman–Crippen MR) is 83.1 cm³/mol. The summed E-state index contributed by atoms with van der Waals surface area (Å²) in [6, 6.07) is 8.56. The Bertz CT molecular complexity index is 480. The SMILES string of the molecule is NC(/C1=C/CCCCCC1)C1CCOc2ccccc21. The van der Waals surface area contributed by atoms with Crippen LogP contribution < -0.4 is 10.5 Å². The molecule has 2 aliphatic rings. The van der Waals surface area contributed by atoms with E-state index in [0.29, 0.717) is 5.92 Å². The van der Waals surface area contributed by atoms with Crippen molar-refractivity contribution >= 4 is 0 Å². The summed E-state index contributed by atoms with van der Waals surface area (Å²) >= 11 is 0. The van der Waals surface area contributed by atoms with Crippen LogP contribution in [0.5, 0.6) is 5.75 Å². The lowest BCUT2D eigenvalue weighted by atomic mass is 9.81. The molecular weight excluding hydrogens is 246 g/mol. The zero-order valence-electron chi connectivity index (χ0n) is 12.2. The van der Waals surface area contributed by atoms with E-state index in [4.69, 9.17) is 10.5 Å². The molecule has 0 radical (unpaired) electrons. The minimum atomic E-state index is 0.165. The summed E-state index contributed by atoms with van der Waals surface area (Å²) in [5.74, 6) is 1.45. The van der Waals surface area contributed by atoms with E-state index in [1.165, 1.54) is 49.7 Å². The summed E-state index contributed by atoms with van der Waals surface area (Å²) in [4.78, 5) is 0. The zero-order chi connectivity index (χ0) is 13.8. The first kappa shape index (κ1) is 13.7. The second-order valence-corrected chi connectivity index (χ2v) is 6.04. The second kappa shape index (κ2) is 6.45. The van der Waals surface area contributed by atoms with Gasteiger partial charge in [0, 0.05) is 12.0 Å². The van der Waals surface area contributed by atoms with Crippen molar-refractivity contribution in [3.05, 3.63) is 41.5 Å². The van der Waals surface area contributed by atoms with Gasteiger partial charge in [-0.1, -0.05) is 42.7 Å². The molecule has 0 spiro atoms. The van der Waals surface area contributed by atoms with E-state index in [2.05, 4.69) is 24.3 Å². The van der Waals surface area contributed by atoms with E-state index in [1.807, 2.05) is 6.07 Å². The van der Waals surface area contributed by atoms with Crippen LogP contribution in [0, 0.1) is 0 Å². The number of para-hydroxylation sites is 1. The van der Waals surface area contributed by atoms with Gasteiger partial charge in [-0.15, -0.1) is 0 Å². The lowest BCUT2D eigenvalue weighted by molar-refractivity contribution is 0.259. The van der Waals surface area contributed by atoms with E-state index < -0.39 is 0 Å². The molecule has 0 amide bonds. The monoisotopic (exact) mass is 271 g/mol. The van der Waals surface area contributed by atoms with Gasteiger partial charge in [0.15, 0.2) is 0 Å². The van der Waals surface area contributed by atoms with Gasteiger partial charge in [-0.25, -0.2) is 0 Å². The van der Waals surface area contributed by atoms with Crippen molar-refractivity contribution in [2.45, 2.75) is 56.9 Å². The number of fused-ring (bicyclic) bond motifs is 1. The summed E-state index contributed by atoms with van der Waals surface area (Å²) in [6.07, 6.45) is 11.2. The average molecular weight is 271 g/mol. The average Bonchev–Trinajstić information content (AvgIpc) is 2.46. The first-order valence-electron chi connectivity index (χ1n) is 8.02. The van der Waals surface area contributed by atoms with Crippen molar-refractivity contribution in [3.63, 3.8) is 0 Å². The third kappa shape index (κ3) is 2.90. The number of allylic oxidation sites excluding steroid dienone is 1. The first-order chi connectivity index (χ1) is 9.86. The van der Waals surface area contributed by atoms with E-state index in [1.54, 1.807) is 0 Å². The number of benzene rings is 1. The molecule has 0 fully saturated rings. The van der Waals surface area contributed by atoms with Crippen LogP contribution >= 0.6 is 0 Å². The Morgan fingerprint density at radius 1 is 1.10 bits per heavy atom. The molecular formula is C18H25NO. The van der Waals surface area contributed by atoms with Gasteiger partial charge in [-0.3, -0.25) is 0 Å². The van der Waals surface area contributed by atoms with Gasteiger partial charge in [-0.2, -0.15) is 0 Å². The molecule has 0 aromatic heterocycles. The molecule has 0 saturated carbocycles. The fourth-order valence-electron chi connectivity index (χ4n) is 3.52. The molecule has 1 aromatic carbocycles. The maximum atomic E-state index is 6.63. The fourth-order valence-corrected chi connectivity index (χ4v) is 3.52. The lowest BCUT2D eigenvalue weighted by Crippen LogP contribution is -2.34. The lowest BCUT2D eigenvalue weighted by Gasteiger charge is -2.32. The maximum absolute atomic E-state index is 6.63. The molecule has 2 atom stereocenters. The molecule has 1 aliphatic carbocycles. The smallest absolute Gasteiger partial charge is 0.122 e. The molecule has 20 heavy (non-hydrogen) atoms. The molecule has 2 heteroatoms. The highest BCUT2D eigenvalue weighted by Crippen LogP contribution is 2.37. The molecule has 0 bridgehead atoms. The largest absolute Gasteiger partial charge is 0.493 e. The van der Waals surface area contributed by atoms with Gasteiger partial charge in [0.25, 0.3) is 0 Å². The first-order valence-corrected chi connectivity index (χ1v) is 8.02. The van der Waals surface area contributed by atoms with Crippen LogP contribution in [0.2, 0.25) is 0 Å². The Labute approximate surface area is 122 Å². The van der Waals surface area contributed by atoms with Crippen LogP contribution in [-0.4, -0.2) is 12.6 Å². The van der Waals surface area contributed by atoms with Gasteiger partial charge in [0.2, 0.25) is 0 Å². The summed E-state index contributed by atoms with van der Waals surface area (Å²) < 4.78 is 5.76.